The molecular weight excluding hydrogens is 164 g/mol. The summed E-state index contributed by atoms with van der Waals surface area (Å²) in [5, 5.41) is 0. The van der Waals surface area contributed by atoms with Crippen molar-refractivity contribution in [3.05, 3.63) is 23.8 Å². The minimum Gasteiger partial charge on any atom is -0.397 e. The smallest absolute Gasteiger partial charge is 0.131 e. The minimum atomic E-state index is 0.217. The summed E-state index contributed by atoms with van der Waals surface area (Å²) in [5.41, 5.74) is 12.9. The van der Waals surface area contributed by atoms with E-state index in [1.165, 1.54) is 0 Å². The lowest BCUT2D eigenvalue weighted by Gasteiger charge is -2.00. The summed E-state index contributed by atoms with van der Waals surface area (Å²) >= 11 is 0. The lowest BCUT2D eigenvalue weighted by atomic mass is 10.1. The van der Waals surface area contributed by atoms with Crippen LogP contribution in [0.4, 0.5) is 11.4 Å². The van der Waals surface area contributed by atoms with E-state index in [2.05, 4.69) is 11.8 Å². The van der Waals surface area contributed by atoms with Gasteiger partial charge >= 0.3 is 0 Å². The number of nitrogen functional groups attached to an aromatic ring is 2. The van der Waals surface area contributed by atoms with Gasteiger partial charge in [0.2, 0.25) is 0 Å². The zero-order chi connectivity index (χ0) is 9.68. The molecule has 1 rings (SSSR count). The molecule has 0 aliphatic rings. The average molecular weight is 174 g/mol. The molecule has 3 nitrogen and oxygen atoms in total. The third-order valence-electron chi connectivity index (χ3n) is 1.55. The zero-order valence-electron chi connectivity index (χ0n) is 7.08. The van der Waals surface area contributed by atoms with Crippen molar-refractivity contribution in [1.29, 1.82) is 0 Å². The molecule has 13 heavy (non-hydrogen) atoms. The van der Waals surface area contributed by atoms with Gasteiger partial charge in [-0.3, -0.25) is 0 Å². The van der Waals surface area contributed by atoms with Gasteiger partial charge in [-0.15, -0.1) is 0 Å². The minimum absolute atomic E-state index is 0.217. The van der Waals surface area contributed by atoms with Gasteiger partial charge in [-0.25, -0.2) is 0 Å². The van der Waals surface area contributed by atoms with E-state index in [1.807, 2.05) is 0 Å². The fraction of sp³-hybridized carbons (Fsp3) is 0.100. The SMILES string of the molecule is Nc1cccc(C#CCC=O)c1N. The van der Waals surface area contributed by atoms with Crippen LogP contribution in [-0.4, -0.2) is 6.29 Å². The van der Waals surface area contributed by atoms with Crippen molar-refractivity contribution < 1.29 is 4.79 Å². The summed E-state index contributed by atoms with van der Waals surface area (Å²) in [4.78, 5) is 9.99. The van der Waals surface area contributed by atoms with Crippen LogP contribution in [0.1, 0.15) is 12.0 Å². The van der Waals surface area contributed by atoms with Crippen molar-refractivity contribution in [2.24, 2.45) is 0 Å². The number of benzene rings is 1. The van der Waals surface area contributed by atoms with E-state index in [-0.39, 0.29) is 6.42 Å². The molecule has 3 heteroatoms. The number of hydrogen-bond donors (Lipinski definition) is 2. The van der Waals surface area contributed by atoms with Gasteiger partial charge in [-0.05, 0) is 12.1 Å². The van der Waals surface area contributed by atoms with Crippen LogP contribution in [0.15, 0.2) is 18.2 Å². The first-order chi connectivity index (χ1) is 6.25. The highest BCUT2D eigenvalue weighted by Crippen LogP contribution is 2.17. The molecule has 0 saturated heterocycles. The Hall–Kier alpha value is -1.95. The van der Waals surface area contributed by atoms with Crippen molar-refractivity contribution in [2.75, 3.05) is 11.5 Å². The largest absolute Gasteiger partial charge is 0.397 e. The molecule has 0 aromatic heterocycles. The third-order valence-corrected chi connectivity index (χ3v) is 1.55. The molecule has 0 amide bonds. The van der Waals surface area contributed by atoms with E-state index in [0.717, 1.165) is 6.29 Å². The fourth-order valence-corrected chi connectivity index (χ4v) is 0.880. The van der Waals surface area contributed by atoms with Gasteiger partial charge in [-0.1, -0.05) is 17.9 Å². The fourth-order valence-electron chi connectivity index (χ4n) is 0.880. The van der Waals surface area contributed by atoms with Crippen molar-refractivity contribution >= 4 is 17.7 Å². The Bertz CT molecular complexity index is 374. The number of carbonyl (C=O) groups excluding carboxylic acids is 1. The van der Waals surface area contributed by atoms with E-state index in [0.29, 0.717) is 16.9 Å². The van der Waals surface area contributed by atoms with E-state index in [4.69, 9.17) is 11.5 Å². The summed E-state index contributed by atoms with van der Waals surface area (Å²) < 4.78 is 0. The molecule has 0 radical (unpaired) electrons. The number of anilines is 2. The molecular formula is C10H10N2O. The molecule has 0 aliphatic heterocycles. The van der Waals surface area contributed by atoms with Crippen LogP contribution in [0.2, 0.25) is 0 Å². The molecule has 0 spiro atoms. The molecule has 0 fully saturated rings. The summed E-state index contributed by atoms with van der Waals surface area (Å²) in [6.07, 6.45) is 0.962. The Balaban J connectivity index is 2.97. The number of carbonyl (C=O) groups is 1. The number of rotatable bonds is 1. The monoisotopic (exact) mass is 174 g/mol. The molecule has 0 atom stereocenters. The second kappa shape index (κ2) is 4.17. The number of nitrogens with two attached hydrogens (primary N) is 2. The maximum atomic E-state index is 9.99. The predicted molar refractivity (Wildman–Crippen MR) is 52.8 cm³/mol. The third kappa shape index (κ3) is 2.24. The molecule has 0 saturated carbocycles. The van der Waals surface area contributed by atoms with Crippen molar-refractivity contribution in [2.45, 2.75) is 6.42 Å². The van der Waals surface area contributed by atoms with Gasteiger partial charge in [0.1, 0.15) is 6.29 Å². The van der Waals surface area contributed by atoms with E-state index >= 15 is 0 Å². The highest BCUT2D eigenvalue weighted by Gasteiger charge is 1.97. The predicted octanol–water partition coefficient (Wildman–Crippen LogP) is 0.792. The summed E-state index contributed by atoms with van der Waals surface area (Å²) in [7, 11) is 0. The summed E-state index contributed by atoms with van der Waals surface area (Å²) in [6, 6.07) is 5.25. The van der Waals surface area contributed by atoms with E-state index in [1.54, 1.807) is 18.2 Å². The van der Waals surface area contributed by atoms with Crippen molar-refractivity contribution in [3.8, 4) is 11.8 Å². The lowest BCUT2D eigenvalue weighted by Crippen LogP contribution is -1.96. The molecule has 1 aromatic carbocycles. The zero-order valence-corrected chi connectivity index (χ0v) is 7.08. The van der Waals surface area contributed by atoms with E-state index < -0.39 is 0 Å². The quantitative estimate of drug-likeness (QED) is 0.375. The van der Waals surface area contributed by atoms with Gasteiger partial charge in [0.15, 0.2) is 0 Å². The Morgan fingerprint density at radius 3 is 2.85 bits per heavy atom. The first kappa shape index (κ1) is 9.14. The van der Waals surface area contributed by atoms with Crippen molar-refractivity contribution in [3.63, 3.8) is 0 Å². The normalized spacial score (nSPS) is 8.62. The van der Waals surface area contributed by atoms with Crippen LogP contribution in [-0.2, 0) is 4.79 Å². The van der Waals surface area contributed by atoms with Crippen LogP contribution in [0.25, 0.3) is 0 Å². The Morgan fingerprint density at radius 2 is 2.15 bits per heavy atom. The topological polar surface area (TPSA) is 69.1 Å². The molecule has 0 unspecified atom stereocenters. The van der Waals surface area contributed by atoms with Crippen LogP contribution in [0.5, 0.6) is 0 Å². The molecule has 0 heterocycles. The van der Waals surface area contributed by atoms with E-state index in [9.17, 15) is 4.79 Å². The number of aldehydes is 1. The molecule has 1 aromatic rings. The van der Waals surface area contributed by atoms with Crippen LogP contribution in [0.3, 0.4) is 0 Å². The Morgan fingerprint density at radius 1 is 1.38 bits per heavy atom. The van der Waals surface area contributed by atoms with Gasteiger partial charge in [0, 0.05) is 5.56 Å². The lowest BCUT2D eigenvalue weighted by molar-refractivity contribution is -0.107. The first-order valence-electron chi connectivity index (χ1n) is 3.82. The second-order valence-electron chi connectivity index (χ2n) is 2.48. The van der Waals surface area contributed by atoms with Crippen molar-refractivity contribution in [1.82, 2.24) is 0 Å². The summed E-state index contributed by atoms with van der Waals surface area (Å²) in [6.45, 7) is 0. The first-order valence-corrected chi connectivity index (χ1v) is 3.82. The van der Waals surface area contributed by atoms with Gasteiger partial charge in [0.05, 0.1) is 17.8 Å². The highest BCUT2D eigenvalue weighted by molar-refractivity contribution is 5.71. The highest BCUT2D eigenvalue weighted by atomic mass is 16.1. The van der Waals surface area contributed by atoms with Gasteiger partial charge in [0.25, 0.3) is 0 Å². The summed E-state index contributed by atoms with van der Waals surface area (Å²) in [5.74, 6) is 5.43. The van der Waals surface area contributed by atoms with Gasteiger partial charge in [-0.2, -0.15) is 0 Å². The molecule has 66 valence electrons. The standard InChI is InChI=1S/C10H10N2O/c11-9-6-3-5-8(10(9)12)4-1-2-7-13/h3,5-7H,2,11-12H2. The maximum absolute atomic E-state index is 9.99. The maximum Gasteiger partial charge on any atom is 0.131 e. The van der Waals surface area contributed by atoms with Gasteiger partial charge < -0.3 is 16.3 Å². The Labute approximate surface area is 76.7 Å². The number of para-hydroxylation sites is 1. The number of hydrogen-bond acceptors (Lipinski definition) is 3. The van der Waals surface area contributed by atoms with Crippen LogP contribution < -0.4 is 11.5 Å². The molecule has 0 bridgehead atoms. The second-order valence-corrected chi connectivity index (χ2v) is 2.48. The van der Waals surface area contributed by atoms with Crippen LogP contribution in [0, 0.1) is 11.8 Å². The molecule has 0 aliphatic carbocycles. The van der Waals surface area contributed by atoms with Crippen LogP contribution >= 0.6 is 0 Å². The average Bonchev–Trinajstić information content (AvgIpc) is 2.13. The Kier molecular flexibility index (Phi) is 2.93. The molecule has 4 N–H and O–H groups in total.